The van der Waals surface area contributed by atoms with Gasteiger partial charge in [0, 0.05) is 19.1 Å². The van der Waals surface area contributed by atoms with E-state index in [1.807, 2.05) is 37.3 Å². The quantitative estimate of drug-likeness (QED) is 0.911. The maximum absolute atomic E-state index is 12.2. The van der Waals surface area contributed by atoms with Crippen molar-refractivity contribution in [3.05, 3.63) is 35.9 Å². The maximum Gasteiger partial charge on any atom is 0.214 e. The van der Waals surface area contributed by atoms with Gasteiger partial charge < -0.3 is 5.73 Å². The van der Waals surface area contributed by atoms with Gasteiger partial charge in [-0.25, -0.2) is 12.7 Å². The lowest BCUT2D eigenvalue weighted by Gasteiger charge is -2.15. The topological polar surface area (TPSA) is 63.4 Å². The number of halogens is 1. The highest BCUT2D eigenvalue weighted by molar-refractivity contribution is 7.89. The molecule has 0 bridgehead atoms. The summed E-state index contributed by atoms with van der Waals surface area (Å²) < 4.78 is 25.9. The van der Waals surface area contributed by atoms with Crippen LogP contribution in [-0.2, 0) is 16.4 Å². The van der Waals surface area contributed by atoms with Crippen molar-refractivity contribution in [1.82, 2.24) is 4.31 Å². The van der Waals surface area contributed by atoms with Crippen molar-refractivity contribution in [2.24, 2.45) is 11.7 Å². The Morgan fingerprint density at radius 2 is 1.89 bits per heavy atom. The molecule has 2 N–H and O–H groups in total. The summed E-state index contributed by atoms with van der Waals surface area (Å²) in [7, 11) is -3.17. The summed E-state index contributed by atoms with van der Waals surface area (Å²) in [6, 6.07) is 9.66. The molecule has 0 spiro atoms. The fraction of sp³-hybridized carbons (Fsp3) is 0.538. The summed E-state index contributed by atoms with van der Waals surface area (Å²) in [6.07, 6.45) is 0.559. The zero-order valence-corrected chi connectivity index (χ0v) is 12.7. The van der Waals surface area contributed by atoms with E-state index in [4.69, 9.17) is 5.73 Å². The van der Waals surface area contributed by atoms with E-state index in [1.165, 1.54) is 4.31 Å². The van der Waals surface area contributed by atoms with Crippen molar-refractivity contribution < 1.29 is 8.42 Å². The van der Waals surface area contributed by atoms with Crippen LogP contribution in [0.25, 0.3) is 0 Å². The highest BCUT2D eigenvalue weighted by atomic mass is 35.5. The molecule has 0 saturated carbocycles. The number of hydrogen-bond acceptors (Lipinski definition) is 3. The van der Waals surface area contributed by atoms with E-state index in [9.17, 15) is 8.42 Å². The molecule has 1 aliphatic heterocycles. The number of sulfonamides is 1. The van der Waals surface area contributed by atoms with Gasteiger partial charge in [-0.1, -0.05) is 37.3 Å². The first-order chi connectivity index (χ1) is 8.49. The van der Waals surface area contributed by atoms with E-state index < -0.39 is 10.0 Å². The molecular weight excluding hydrogens is 284 g/mol. The molecule has 0 radical (unpaired) electrons. The minimum atomic E-state index is -3.17. The van der Waals surface area contributed by atoms with Crippen LogP contribution >= 0.6 is 12.4 Å². The normalized spacial score (nSPS) is 24.1. The van der Waals surface area contributed by atoms with Crippen LogP contribution in [0.2, 0.25) is 0 Å². The van der Waals surface area contributed by atoms with Crippen LogP contribution in [0.3, 0.4) is 0 Å². The molecule has 4 nitrogen and oxygen atoms in total. The minimum absolute atomic E-state index is 0. The number of aryl methyl sites for hydroxylation is 1. The van der Waals surface area contributed by atoms with Gasteiger partial charge in [0.1, 0.15) is 0 Å². The molecule has 6 heteroatoms. The summed E-state index contributed by atoms with van der Waals surface area (Å²) in [5, 5.41) is 0. The van der Waals surface area contributed by atoms with E-state index >= 15 is 0 Å². The van der Waals surface area contributed by atoms with Crippen LogP contribution in [0.5, 0.6) is 0 Å². The lowest BCUT2D eigenvalue weighted by molar-refractivity contribution is 0.464. The van der Waals surface area contributed by atoms with Crippen molar-refractivity contribution >= 4 is 22.4 Å². The lowest BCUT2D eigenvalue weighted by Crippen LogP contribution is -2.34. The Morgan fingerprint density at radius 1 is 1.26 bits per heavy atom. The molecule has 2 rings (SSSR count). The average Bonchev–Trinajstić information content (AvgIpc) is 2.70. The third kappa shape index (κ3) is 4.18. The van der Waals surface area contributed by atoms with Gasteiger partial charge in [0.2, 0.25) is 10.0 Å². The van der Waals surface area contributed by atoms with Gasteiger partial charge in [0.15, 0.2) is 0 Å². The molecule has 1 aliphatic rings. The lowest BCUT2D eigenvalue weighted by atomic mass is 10.1. The van der Waals surface area contributed by atoms with Gasteiger partial charge in [-0.05, 0) is 17.9 Å². The number of benzene rings is 1. The minimum Gasteiger partial charge on any atom is -0.326 e. The molecule has 1 aromatic carbocycles. The van der Waals surface area contributed by atoms with Gasteiger partial charge >= 0.3 is 0 Å². The van der Waals surface area contributed by atoms with Crippen LogP contribution in [0.1, 0.15) is 12.5 Å². The number of nitrogens with zero attached hydrogens (tertiary/aromatic N) is 1. The number of nitrogens with two attached hydrogens (primary N) is 1. The fourth-order valence-electron chi connectivity index (χ4n) is 2.19. The van der Waals surface area contributed by atoms with Gasteiger partial charge in [-0.15, -0.1) is 12.4 Å². The second kappa shape index (κ2) is 6.70. The molecule has 0 aromatic heterocycles. The summed E-state index contributed by atoms with van der Waals surface area (Å²) in [6.45, 7) is 3.01. The zero-order chi connectivity index (χ0) is 13.2. The van der Waals surface area contributed by atoms with E-state index in [2.05, 4.69) is 0 Å². The van der Waals surface area contributed by atoms with Gasteiger partial charge in [0.25, 0.3) is 0 Å². The van der Waals surface area contributed by atoms with E-state index in [0.29, 0.717) is 19.5 Å². The first-order valence-corrected chi connectivity index (χ1v) is 7.87. The molecule has 108 valence electrons. The Labute approximate surface area is 121 Å². The number of hydrogen-bond donors (Lipinski definition) is 1. The molecule has 1 fully saturated rings. The highest BCUT2D eigenvalue weighted by Gasteiger charge is 2.33. The Kier molecular flexibility index (Phi) is 5.80. The predicted octanol–water partition coefficient (Wildman–Crippen LogP) is 1.26. The second-order valence-corrected chi connectivity index (χ2v) is 7.10. The summed E-state index contributed by atoms with van der Waals surface area (Å²) >= 11 is 0. The zero-order valence-electron chi connectivity index (χ0n) is 11.0. The third-order valence-corrected chi connectivity index (χ3v) is 5.33. The van der Waals surface area contributed by atoms with Crippen molar-refractivity contribution in [2.75, 3.05) is 18.8 Å². The highest BCUT2D eigenvalue weighted by Crippen LogP contribution is 2.18. The summed E-state index contributed by atoms with van der Waals surface area (Å²) in [4.78, 5) is 0. The van der Waals surface area contributed by atoms with E-state index in [0.717, 1.165) is 5.56 Å². The standard InChI is InChI=1S/C13H20N2O2S.ClH/c1-11-9-15(10-13(11)14)18(16,17)8-7-12-5-3-2-4-6-12;/h2-6,11,13H,7-10,14H2,1H3;1H. The SMILES string of the molecule is CC1CN(S(=O)(=O)CCc2ccccc2)CC1N.Cl. The monoisotopic (exact) mass is 304 g/mol. The van der Waals surface area contributed by atoms with Crippen molar-refractivity contribution in [3.63, 3.8) is 0 Å². The molecule has 2 atom stereocenters. The van der Waals surface area contributed by atoms with Crippen LogP contribution in [0.15, 0.2) is 30.3 Å². The van der Waals surface area contributed by atoms with Gasteiger partial charge in [-0.3, -0.25) is 0 Å². The van der Waals surface area contributed by atoms with Crippen LogP contribution < -0.4 is 5.73 Å². The molecule has 19 heavy (non-hydrogen) atoms. The predicted molar refractivity (Wildman–Crippen MR) is 79.9 cm³/mol. The maximum atomic E-state index is 12.2. The fourth-order valence-corrected chi connectivity index (χ4v) is 3.81. The molecule has 1 saturated heterocycles. The summed E-state index contributed by atoms with van der Waals surface area (Å²) in [5.74, 6) is 0.410. The molecule has 1 aromatic rings. The second-order valence-electron chi connectivity index (χ2n) is 5.01. The van der Waals surface area contributed by atoms with Crippen LogP contribution in [-0.4, -0.2) is 37.6 Å². The smallest absolute Gasteiger partial charge is 0.214 e. The van der Waals surface area contributed by atoms with E-state index in [1.54, 1.807) is 0 Å². The Morgan fingerprint density at radius 3 is 2.42 bits per heavy atom. The van der Waals surface area contributed by atoms with E-state index in [-0.39, 0.29) is 30.1 Å². The molecule has 2 unspecified atom stereocenters. The first-order valence-electron chi connectivity index (χ1n) is 6.26. The Bertz CT molecular complexity index is 483. The molecule has 0 aliphatic carbocycles. The van der Waals surface area contributed by atoms with Crippen LogP contribution in [0.4, 0.5) is 0 Å². The first kappa shape index (κ1) is 16.4. The van der Waals surface area contributed by atoms with Crippen LogP contribution in [0, 0.1) is 5.92 Å². The third-order valence-electron chi connectivity index (χ3n) is 3.52. The average molecular weight is 305 g/mol. The van der Waals surface area contributed by atoms with Gasteiger partial charge in [0.05, 0.1) is 5.75 Å². The van der Waals surface area contributed by atoms with Crippen molar-refractivity contribution in [3.8, 4) is 0 Å². The number of rotatable bonds is 4. The van der Waals surface area contributed by atoms with Crippen molar-refractivity contribution in [2.45, 2.75) is 19.4 Å². The summed E-state index contributed by atoms with van der Waals surface area (Å²) in [5.41, 5.74) is 6.92. The molecule has 1 heterocycles. The Balaban J connectivity index is 0.00000180. The van der Waals surface area contributed by atoms with Gasteiger partial charge in [-0.2, -0.15) is 0 Å². The van der Waals surface area contributed by atoms with Crippen molar-refractivity contribution in [1.29, 1.82) is 0 Å². The molecule has 0 amide bonds. The molecular formula is C13H21ClN2O2S. The Hall–Kier alpha value is -0.620. The largest absolute Gasteiger partial charge is 0.326 e.